The van der Waals surface area contributed by atoms with Crippen LogP contribution in [0.1, 0.15) is 0 Å². The standard InChI is InChI=1S/C5H6N2/c6-3-5-1-2-7-4-5/h1,7H,2,4H2. The van der Waals surface area contributed by atoms with Crippen LogP contribution in [0.3, 0.4) is 0 Å². The van der Waals surface area contributed by atoms with Gasteiger partial charge >= 0.3 is 0 Å². The molecule has 0 aromatic heterocycles. The predicted octanol–water partition coefficient (Wildman–Crippen LogP) is 0.0396. The Hall–Kier alpha value is -0.810. The first-order valence-corrected chi connectivity index (χ1v) is 2.23. The van der Waals surface area contributed by atoms with Gasteiger partial charge in [-0.3, -0.25) is 0 Å². The molecule has 1 heterocycles. The summed E-state index contributed by atoms with van der Waals surface area (Å²) in [5, 5.41) is 11.2. The lowest BCUT2D eigenvalue weighted by Crippen LogP contribution is -2.07. The summed E-state index contributed by atoms with van der Waals surface area (Å²) >= 11 is 0. The zero-order chi connectivity index (χ0) is 5.11. The summed E-state index contributed by atoms with van der Waals surface area (Å²) in [7, 11) is 0. The second-order valence-electron chi connectivity index (χ2n) is 1.47. The van der Waals surface area contributed by atoms with Crippen LogP contribution in [0.25, 0.3) is 0 Å². The van der Waals surface area contributed by atoms with E-state index < -0.39 is 0 Å². The monoisotopic (exact) mass is 94.1 g/mol. The molecule has 1 rings (SSSR count). The van der Waals surface area contributed by atoms with Gasteiger partial charge in [0.2, 0.25) is 0 Å². The molecule has 0 unspecified atom stereocenters. The molecule has 0 saturated carbocycles. The third-order valence-corrected chi connectivity index (χ3v) is 0.952. The number of hydrogen-bond acceptors (Lipinski definition) is 2. The van der Waals surface area contributed by atoms with Gasteiger partial charge in [-0.1, -0.05) is 6.08 Å². The summed E-state index contributed by atoms with van der Waals surface area (Å²) in [5.74, 6) is 0. The molecule has 7 heavy (non-hydrogen) atoms. The Morgan fingerprint density at radius 1 is 1.86 bits per heavy atom. The van der Waals surface area contributed by atoms with Crippen molar-refractivity contribution in [3.63, 3.8) is 0 Å². The molecule has 0 saturated heterocycles. The number of hydrogen-bond donors (Lipinski definition) is 1. The lowest BCUT2D eigenvalue weighted by Gasteiger charge is -1.81. The third kappa shape index (κ3) is 0.787. The molecule has 0 amide bonds. The molecule has 0 aromatic rings. The average Bonchev–Trinajstić information content (AvgIpc) is 2.14. The fraction of sp³-hybridized carbons (Fsp3) is 0.400. The molecule has 0 bridgehead atoms. The summed E-state index contributed by atoms with van der Waals surface area (Å²) in [6.07, 6.45) is 1.90. The highest BCUT2D eigenvalue weighted by Gasteiger charge is 1.98. The molecule has 1 aliphatic rings. The normalized spacial score (nSPS) is 18.4. The Kier molecular flexibility index (Phi) is 1.10. The van der Waals surface area contributed by atoms with Crippen molar-refractivity contribution in [2.75, 3.05) is 13.1 Å². The minimum atomic E-state index is 0.760. The first-order valence-electron chi connectivity index (χ1n) is 2.23. The zero-order valence-electron chi connectivity index (χ0n) is 3.94. The molecular weight excluding hydrogens is 88.1 g/mol. The molecule has 2 nitrogen and oxygen atoms in total. The lowest BCUT2D eigenvalue weighted by molar-refractivity contribution is 0.883. The van der Waals surface area contributed by atoms with Crippen molar-refractivity contribution in [3.05, 3.63) is 11.6 Å². The van der Waals surface area contributed by atoms with E-state index in [0.29, 0.717) is 0 Å². The van der Waals surface area contributed by atoms with Gasteiger partial charge < -0.3 is 5.32 Å². The molecule has 2 heteroatoms. The van der Waals surface area contributed by atoms with Crippen LogP contribution in [-0.4, -0.2) is 13.1 Å². The highest BCUT2D eigenvalue weighted by Crippen LogP contribution is 1.93. The molecule has 0 atom stereocenters. The van der Waals surface area contributed by atoms with Crippen molar-refractivity contribution < 1.29 is 0 Å². The van der Waals surface area contributed by atoms with Crippen LogP contribution in [0.5, 0.6) is 0 Å². The summed E-state index contributed by atoms with van der Waals surface area (Å²) in [4.78, 5) is 0. The Morgan fingerprint density at radius 3 is 3.00 bits per heavy atom. The average molecular weight is 94.1 g/mol. The first-order chi connectivity index (χ1) is 3.43. The van der Waals surface area contributed by atoms with Crippen LogP contribution in [0, 0.1) is 11.3 Å². The van der Waals surface area contributed by atoms with E-state index in [0.717, 1.165) is 18.7 Å². The molecule has 1 N–H and O–H groups in total. The summed E-state index contributed by atoms with van der Waals surface area (Å²) in [6, 6.07) is 2.06. The summed E-state index contributed by atoms with van der Waals surface area (Å²) < 4.78 is 0. The van der Waals surface area contributed by atoms with Gasteiger partial charge in [0.1, 0.15) is 0 Å². The third-order valence-electron chi connectivity index (χ3n) is 0.952. The van der Waals surface area contributed by atoms with Crippen molar-refractivity contribution in [1.29, 1.82) is 5.26 Å². The largest absolute Gasteiger partial charge is 0.308 e. The van der Waals surface area contributed by atoms with E-state index in [2.05, 4.69) is 11.4 Å². The molecule has 0 aliphatic carbocycles. The van der Waals surface area contributed by atoms with Gasteiger partial charge in [0.15, 0.2) is 0 Å². The van der Waals surface area contributed by atoms with Gasteiger partial charge in [-0.2, -0.15) is 5.26 Å². The topological polar surface area (TPSA) is 35.8 Å². The Labute approximate surface area is 42.4 Å². The maximum atomic E-state index is 8.21. The number of nitrogens with zero attached hydrogens (tertiary/aromatic N) is 1. The van der Waals surface area contributed by atoms with E-state index in [4.69, 9.17) is 5.26 Å². The van der Waals surface area contributed by atoms with Crippen molar-refractivity contribution in [1.82, 2.24) is 5.32 Å². The smallest absolute Gasteiger partial charge is 0.0957 e. The highest BCUT2D eigenvalue weighted by molar-refractivity contribution is 5.25. The van der Waals surface area contributed by atoms with Gasteiger partial charge in [-0.15, -0.1) is 0 Å². The fourth-order valence-electron chi connectivity index (χ4n) is 0.560. The van der Waals surface area contributed by atoms with Gasteiger partial charge in [-0.25, -0.2) is 0 Å². The second kappa shape index (κ2) is 1.76. The quantitative estimate of drug-likeness (QED) is 0.460. The Bertz CT molecular complexity index is 130. The van der Waals surface area contributed by atoms with Crippen molar-refractivity contribution in [2.24, 2.45) is 0 Å². The van der Waals surface area contributed by atoms with Crippen LogP contribution in [0.15, 0.2) is 11.6 Å². The first kappa shape index (κ1) is 4.35. The van der Waals surface area contributed by atoms with E-state index in [1.807, 2.05) is 6.08 Å². The van der Waals surface area contributed by atoms with Crippen LogP contribution >= 0.6 is 0 Å². The maximum absolute atomic E-state index is 8.21. The SMILES string of the molecule is N#CC1=CCNC1. The number of nitrogens with one attached hydrogen (secondary N) is 1. The summed E-state index contributed by atoms with van der Waals surface area (Å²) in [5.41, 5.74) is 0.861. The van der Waals surface area contributed by atoms with Crippen LogP contribution in [0.2, 0.25) is 0 Å². The molecular formula is C5H6N2. The summed E-state index contributed by atoms with van der Waals surface area (Å²) in [6.45, 7) is 1.62. The van der Waals surface area contributed by atoms with Crippen LogP contribution in [-0.2, 0) is 0 Å². The molecule has 0 aromatic carbocycles. The second-order valence-corrected chi connectivity index (χ2v) is 1.47. The Morgan fingerprint density at radius 2 is 2.71 bits per heavy atom. The highest BCUT2D eigenvalue weighted by atomic mass is 14.9. The lowest BCUT2D eigenvalue weighted by atomic mass is 10.3. The van der Waals surface area contributed by atoms with E-state index in [-0.39, 0.29) is 0 Å². The van der Waals surface area contributed by atoms with Gasteiger partial charge in [0, 0.05) is 18.7 Å². The maximum Gasteiger partial charge on any atom is 0.0957 e. The number of rotatable bonds is 0. The minimum Gasteiger partial charge on any atom is -0.308 e. The van der Waals surface area contributed by atoms with Crippen molar-refractivity contribution in [2.45, 2.75) is 0 Å². The molecule has 0 radical (unpaired) electrons. The van der Waals surface area contributed by atoms with Crippen molar-refractivity contribution >= 4 is 0 Å². The zero-order valence-corrected chi connectivity index (χ0v) is 3.94. The van der Waals surface area contributed by atoms with E-state index in [9.17, 15) is 0 Å². The molecule has 1 aliphatic heterocycles. The van der Waals surface area contributed by atoms with E-state index in [1.165, 1.54) is 0 Å². The van der Waals surface area contributed by atoms with Crippen LogP contribution < -0.4 is 5.32 Å². The molecule has 0 spiro atoms. The fourth-order valence-corrected chi connectivity index (χ4v) is 0.560. The molecule has 36 valence electrons. The van der Waals surface area contributed by atoms with E-state index >= 15 is 0 Å². The van der Waals surface area contributed by atoms with E-state index in [1.54, 1.807) is 0 Å². The molecule has 0 fully saturated rings. The van der Waals surface area contributed by atoms with Gasteiger partial charge in [-0.05, 0) is 0 Å². The predicted molar refractivity (Wildman–Crippen MR) is 26.6 cm³/mol. The van der Waals surface area contributed by atoms with Gasteiger partial charge in [0.05, 0.1) is 6.07 Å². The minimum absolute atomic E-state index is 0.760. The van der Waals surface area contributed by atoms with Gasteiger partial charge in [0.25, 0.3) is 0 Å². The van der Waals surface area contributed by atoms with Crippen LogP contribution in [0.4, 0.5) is 0 Å². The van der Waals surface area contributed by atoms with Crippen molar-refractivity contribution in [3.8, 4) is 6.07 Å². The Balaban J connectivity index is 2.57. The number of nitriles is 1.